The van der Waals surface area contributed by atoms with Crippen LogP contribution in [0, 0.1) is 6.92 Å². The molecule has 2 rings (SSSR count). The molecular formula is C13H17N3O. The van der Waals surface area contributed by atoms with Gasteiger partial charge < -0.3 is 5.32 Å². The van der Waals surface area contributed by atoms with Gasteiger partial charge in [0.05, 0.1) is 17.2 Å². The molecule has 0 aliphatic heterocycles. The minimum Gasteiger partial charge on any atom is -0.320 e. The zero-order valence-electron chi connectivity index (χ0n) is 10.2. The molecule has 1 heterocycles. The molecule has 0 aliphatic rings. The van der Waals surface area contributed by atoms with Crippen LogP contribution in [0.3, 0.4) is 0 Å². The molecule has 4 heteroatoms. The maximum Gasteiger partial charge on any atom is 0.261 e. The second-order valence-corrected chi connectivity index (χ2v) is 4.22. The van der Waals surface area contributed by atoms with Crippen LogP contribution in [-0.2, 0) is 6.54 Å². The van der Waals surface area contributed by atoms with Gasteiger partial charge in [-0.25, -0.2) is 4.98 Å². The van der Waals surface area contributed by atoms with Gasteiger partial charge in [-0.3, -0.25) is 9.36 Å². The Hall–Kier alpha value is -1.68. The molecule has 0 unspecified atom stereocenters. The van der Waals surface area contributed by atoms with Crippen LogP contribution in [0.1, 0.15) is 12.0 Å². The summed E-state index contributed by atoms with van der Waals surface area (Å²) in [4.78, 5) is 16.5. The molecule has 0 saturated heterocycles. The SMILES string of the molecule is CNCCCn1cnc2cc(C)ccc2c1=O. The lowest BCUT2D eigenvalue weighted by Crippen LogP contribution is -2.22. The van der Waals surface area contributed by atoms with Gasteiger partial charge >= 0.3 is 0 Å². The van der Waals surface area contributed by atoms with Crippen LogP contribution < -0.4 is 10.9 Å². The molecule has 4 nitrogen and oxygen atoms in total. The van der Waals surface area contributed by atoms with E-state index in [1.54, 1.807) is 10.9 Å². The van der Waals surface area contributed by atoms with Crippen molar-refractivity contribution < 1.29 is 0 Å². The topological polar surface area (TPSA) is 46.9 Å². The van der Waals surface area contributed by atoms with E-state index < -0.39 is 0 Å². The van der Waals surface area contributed by atoms with Crippen LogP contribution >= 0.6 is 0 Å². The van der Waals surface area contributed by atoms with Crippen LogP contribution in [0.2, 0.25) is 0 Å². The van der Waals surface area contributed by atoms with E-state index in [2.05, 4.69) is 10.3 Å². The first-order valence-electron chi connectivity index (χ1n) is 5.83. The number of aromatic nitrogens is 2. The van der Waals surface area contributed by atoms with Crippen LogP contribution in [0.5, 0.6) is 0 Å². The van der Waals surface area contributed by atoms with Crippen molar-refractivity contribution in [3.05, 3.63) is 40.4 Å². The van der Waals surface area contributed by atoms with Gasteiger partial charge in [0, 0.05) is 6.54 Å². The Bertz CT molecular complexity index is 574. The predicted octanol–water partition coefficient (Wildman–Crippen LogP) is 1.31. The van der Waals surface area contributed by atoms with E-state index >= 15 is 0 Å². The smallest absolute Gasteiger partial charge is 0.261 e. The number of fused-ring (bicyclic) bond motifs is 1. The Morgan fingerprint density at radius 3 is 3.00 bits per heavy atom. The molecule has 0 saturated carbocycles. The highest BCUT2D eigenvalue weighted by molar-refractivity contribution is 5.77. The lowest BCUT2D eigenvalue weighted by molar-refractivity contribution is 0.594. The molecule has 0 atom stereocenters. The largest absolute Gasteiger partial charge is 0.320 e. The minimum atomic E-state index is 0.0473. The van der Waals surface area contributed by atoms with Crippen LogP contribution in [0.4, 0.5) is 0 Å². The summed E-state index contributed by atoms with van der Waals surface area (Å²) in [5, 5.41) is 3.76. The van der Waals surface area contributed by atoms with Gasteiger partial charge in [-0.1, -0.05) is 6.07 Å². The Labute approximate surface area is 100 Å². The summed E-state index contributed by atoms with van der Waals surface area (Å²) in [6, 6.07) is 5.74. The average molecular weight is 231 g/mol. The molecular weight excluding hydrogens is 214 g/mol. The molecule has 2 aromatic rings. The predicted molar refractivity (Wildman–Crippen MR) is 69.3 cm³/mol. The summed E-state index contributed by atoms with van der Waals surface area (Å²) in [6.45, 7) is 3.61. The zero-order valence-corrected chi connectivity index (χ0v) is 10.2. The number of hydrogen-bond donors (Lipinski definition) is 1. The molecule has 0 amide bonds. The number of aryl methyl sites for hydroxylation is 2. The first kappa shape index (κ1) is 11.8. The highest BCUT2D eigenvalue weighted by Crippen LogP contribution is 2.08. The van der Waals surface area contributed by atoms with E-state index in [9.17, 15) is 4.79 Å². The average Bonchev–Trinajstić information content (AvgIpc) is 2.32. The summed E-state index contributed by atoms with van der Waals surface area (Å²) < 4.78 is 1.68. The van der Waals surface area contributed by atoms with Gasteiger partial charge in [0.15, 0.2) is 0 Å². The Morgan fingerprint density at radius 1 is 1.41 bits per heavy atom. The number of rotatable bonds is 4. The Balaban J connectivity index is 2.37. The fourth-order valence-corrected chi connectivity index (χ4v) is 1.85. The van der Waals surface area contributed by atoms with Crippen molar-refractivity contribution in [1.82, 2.24) is 14.9 Å². The molecule has 1 aromatic heterocycles. The molecule has 1 aromatic carbocycles. The monoisotopic (exact) mass is 231 g/mol. The quantitative estimate of drug-likeness (QED) is 0.807. The zero-order chi connectivity index (χ0) is 12.3. The highest BCUT2D eigenvalue weighted by atomic mass is 16.1. The maximum absolute atomic E-state index is 12.1. The van der Waals surface area contributed by atoms with Gasteiger partial charge in [-0.05, 0) is 44.6 Å². The fraction of sp³-hybridized carbons (Fsp3) is 0.385. The second kappa shape index (κ2) is 5.10. The fourth-order valence-electron chi connectivity index (χ4n) is 1.85. The van der Waals surface area contributed by atoms with Crippen LogP contribution in [0.15, 0.2) is 29.3 Å². The van der Waals surface area contributed by atoms with Crippen molar-refractivity contribution in [3.63, 3.8) is 0 Å². The third-order valence-electron chi connectivity index (χ3n) is 2.81. The standard InChI is InChI=1S/C13H17N3O/c1-10-4-5-11-12(8-10)15-9-16(13(11)17)7-3-6-14-2/h4-5,8-9,14H,3,6-7H2,1-2H3. The van der Waals surface area contributed by atoms with E-state index in [4.69, 9.17) is 0 Å². The molecule has 90 valence electrons. The summed E-state index contributed by atoms with van der Waals surface area (Å²) in [7, 11) is 1.91. The van der Waals surface area contributed by atoms with Crippen LogP contribution in [0.25, 0.3) is 10.9 Å². The first-order valence-corrected chi connectivity index (χ1v) is 5.83. The van der Waals surface area contributed by atoms with Crippen molar-refractivity contribution in [2.75, 3.05) is 13.6 Å². The number of hydrogen-bond acceptors (Lipinski definition) is 3. The highest BCUT2D eigenvalue weighted by Gasteiger charge is 2.03. The van der Waals surface area contributed by atoms with Gasteiger partial charge in [0.2, 0.25) is 0 Å². The molecule has 0 radical (unpaired) electrons. The molecule has 0 spiro atoms. The van der Waals surface area contributed by atoms with Crippen molar-refractivity contribution in [2.45, 2.75) is 19.9 Å². The van der Waals surface area contributed by atoms with Crippen molar-refractivity contribution in [3.8, 4) is 0 Å². The number of nitrogens with zero attached hydrogens (tertiary/aromatic N) is 2. The maximum atomic E-state index is 12.1. The van der Waals surface area contributed by atoms with Gasteiger partial charge in [0.1, 0.15) is 0 Å². The number of benzene rings is 1. The third kappa shape index (κ3) is 2.53. The van der Waals surface area contributed by atoms with Crippen molar-refractivity contribution >= 4 is 10.9 Å². The van der Waals surface area contributed by atoms with E-state index in [1.807, 2.05) is 32.2 Å². The summed E-state index contributed by atoms with van der Waals surface area (Å²) in [5.41, 5.74) is 1.95. The lowest BCUT2D eigenvalue weighted by Gasteiger charge is -2.06. The van der Waals surface area contributed by atoms with Gasteiger partial charge in [0.25, 0.3) is 5.56 Å². The molecule has 0 aliphatic carbocycles. The van der Waals surface area contributed by atoms with E-state index in [1.165, 1.54) is 0 Å². The van der Waals surface area contributed by atoms with Gasteiger partial charge in [-0.2, -0.15) is 0 Å². The first-order chi connectivity index (χ1) is 8.22. The van der Waals surface area contributed by atoms with Crippen molar-refractivity contribution in [2.24, 2.45) is 0 Å². The number of nitrogens with one attached hydrogen (secondary N) is 1. The van der Waals surface area contributed by atoms with Crippen molar-refractivity contribution in [1.29, 1.82) is 0 Å². The van der Waals surface area contributed by atoms with E-state index in [0.29, 0.717) is 11.9 Å². The summed E-state index contributed by atoms with van der Waals surface area (Å²) in [5.74, 6) is 0. The second-order valence-electron chi connectivity index (χ2n) is 4.22. The summed E-state index contributed by atoms with van der Waals surface area (Å²) >= 11 is 0. The normalized spacial score (nSPS) is 10.9. The Morgan fingerprint density at radius 2 is 2.24 bits per heavy atom. The molecule has 0 fully saturated rings. The molecule has 0 bridgehead atoms. The van der Waals surface area contributed by atoms with Crippen LogP contribution in [-0.4, -0.2) is 23.1 Å². The molecule has 17 heavy (non-hydrogen) atoms. The molecule has 1 N–H and O–H groups in total. The van der Waals surface area contributed by atoms with Gasteiger partial charge in [-0.15, -0.1) is 0 Å². The third-order valence-corrected chi connectivity index (χ3v) is 2.81. The van der Waals surface area contributed by atoms with E-state index in [0.717, 1.165) is 24.0 Å². The van der Waals surface area contributed by atoms with E-state index in [-0.39, 0.29) is 5.56 Å². The Kier molecular flexibility index (Phi) is 3.54. The minimum absolute atomic E-state index is 0.0473. The lowest BCUT2D eigenvalue weighted by atomic mass is 10.2. The summed E-state index contributed by atoms with van der Waals surface area (Å²) in [6.07, 6.45) is 2.56.